The fourth-order valence-corrected chi connectivity index (χ4v) is 1.63. The lowest BCUT2D eigenvalue weighted by Crippen LogP contribution is -2.13. The average molecular weight is 284 g/mol. The molecule has 2 aromatic rings. The summed E-state index contributed by atoms with van der Waals surface area (Å²) in [5, 5.41) is 12.3. The number of nitriles is 1. The zero-order chi connectivity index (χ0) is 14.4. The van der Waals surface area contributed by atoms with Crippen LogP contribution in [-0.4, -0.2) is 10.9 Å². The first-order chi connectivity index (χ1) is 9.69. The maximum absolute atomic E-state index is 12.0. The highest BCUT2D eigenvalue weighted by molar-refractivity contribution is 6.30. The summed E-state index contributed by atoms with van der Waals surface area (Å²) in [7, 11) is 0. The van der Waals surface area contributed by atoms with Crippen LogP contribution in [0, 0.1) is 11.3 Å². The van der Waals surface area contributed by atoms with Crippen LogP contribution in [-0.2, 0) is 4.79 Å². The zero-order valence-corrected chi connectivity index (χ0v) is 11.1. The van der Waals surface area contributed by atoms with E-state index in [1.807, 2.05) is 6.07 Å². The lowest BCUT2D eigenvalue weighted by molar-refractivity contribution is -0.112. The smallest absolute Gasteiger partial charge is 0.266 e. The number of rotatable bonds is 3. The Morgan fingerprint density at radius 2 is 1.85 bits per heavy atom. The molecule has 0 aliphatic carbocycles. The Kier molecular flexibility index (Phi) is 4.48. The van der Waals surface area contributed by atoms with E-state index >= 15 is 0 Å². The maximum Gasteiger partial charge on any atom is 0.266 e. The van der Waals surface area contributed by atoms with Crippen molar-refractivity contribution in [2.75, 3.05) is 5.32 Å². The van der Waals surface area contributed by atoms with E-state index in [2.05, 4.69) is 10.3 Å². The number of aromatic nitrogens is 1. The van der Waals surface area contributed by atoms with Crippen molar-refractivity contribution in [2.24, 2.45) is 0 Å². The molecule has 0 unspecified atom stereocenters. The van der Waals surface area contributed by atoms with Crippen molar-refractivity contribution in [3.63, 3.8) is 0 Å². The molecule has 20 heavy (non-hydrogen) atoms. The number of carbonyl (C=O) groups is 1. The Bertz CT molecular complexity index is 673. The molecule has 0 aliphatic heterocycles. The summed E-state index contributed by atoms with van der Waals surface area (Å²) in [4.78, 5) is 15.8. The molecule has 0 saturated heterocycles. The third-order valence-corrected chi connectivity index (χ3v) is 2.74. The van der Waals surface area contributed by atoms with Crippen molar-refractivity contribution >= 4 is 29.3 Å². The lowest BCUT2D eigenvalue weighted by Gasteiger charge is -2.03. The van der Waals surface area contributed by atoms with Crippen molar-refractivity contribution in [1.29, 1.82) is 5.26 Å². The Morgan fingerprint density at radius 1 is 1.20 bits per heavy atom. The van der Waals surface area contributed by atoms with Crippen LogP contribution in [0.4, 0.5) is 5.69 Å². The number of anilines is 1. The van der Waals surface area contributed by atoms with Gasteiger partial charge in [-0.1, -0.05) is 23.7 Å². The van der Waals surface area contributed by atoms with Gasteiger partial charge in [0.05, 0.1) is 0 Å². The number of hydrogen-bond donors (Lipinski definition) is 1. The second kappa shape index (κ2) is 6.50. The summed E-state index contributed by atoms with van der Waals surface area (Å²) in [5.74, 6) is -0.464. The molecule has 1 N–H and O–H groups in total. The van der Waals surface area contributed by atoms with E-state index in [0.29, 0.717) is 10.7 Å². The van der Waals surface area contributed by atoms with Gasteiger partial charge in [0, 0.05) is 23.1 Å². The molecule has 0 atom stereocenters. The van der Waals surface area contributed by atoms with Gasteiger partial charge in [0.1, 0.15) is 11.6 Å². The molecule has 5 heteroatoms. The highest BCUT2D eigenvalue weighted by Crippen LogP contribution is 2.13. The second-order valence-corrected chi connectivity index (χ2v) is 4.35. The Labute approximate surface area is 121 Å². The quantitative estimate of drug-likeness (QED) is 0.694. The zero-order valence-electron chi connectivity index (χ0n) is 10.4. The Hall–Kier alpha value is -2.64. The maximum atomic E-state index is 12.0. The average Bonchev–Trinajstić information content (AvgIpc) is 2.47. The van der Waals surface area contributed by atoms with Gasteiger partial charge in [0.25, 0.3) is 5.91 Å². The fraction of sp³-hybridized carbons (Fsp3) is 0. The van der Waals surface area contributed by atoms with Crippen LogP contribution in [0.5, 0.6) is 0 Å². The third kappa shape index (κ3) is 3.67. The topological polar surface area (TPSA) is 65.8 Å². The minimum Gasteiger partial charge on any atom is -0.321 e. The molecule has 1 aromatic heterocycles. The number of nitrogens with zero attached hydrogens (tertiary/aromatic N) is 2. The summed E-state index contributed by atoms with van der Waals surface area (Å²) < 4.78 is 0. The van der Waals surface area contributed by atoms with Gasteiger partial charge in [0.2, 0.25) is 0 Å². The minimum absolute atomic E-state index is 0.0177. The van der Waals surface area contributed by atoms with Gasteiger partial charge in [-0.2, -0.15) is 5.26 Å². The fourth-order valence-electron chi connectivity index (χ4n) is 1.51. The largest absolute Gasteiger partial charge is 0.321 e. The van der Waals surface area contributed by atoms with E-state index in [1.54, 1.807) is 48.8 Å². The number of carbonyl (C=O) groups excluding carboxylic acids is 1. The summed E-state index contributed by atoms with van der Waals surface area (Å²) in [6, 6.07) is 12.0. The van der Waals surface area contributed by atoms with Crippen LogP contribution < -0.4 is 5.32 Å². The van der Waals surface area contributed by atoms with Crippen molar-refractivity contribution in [2.45, 2.75) is 0 Å². The molecule has 0 bridgehead atoms. The molecule has 0 radical (unpaired) electrons. The molecule has 98 valence electrons. The van der Waals surface area contributed by atoms with Crippen LogP contribution in [0.1, 0.15) is 5.56 Å². The third-order valence-electron chi connectivity index (χ3n) is 2.48. The summed E-state index contributed by atoms with van der Waals surface area (Å²) in [5.41, 5.74) is 1.34. The molecular weight excluding hydrogens is 274 g/mol. The standard InChI is InChI=1S/C15H10ClN3O/c16-13-3-1-11(2-4-13)9-12(10-17)15(20)19-14-5-7-18-8-6-14/h1-9H,(H,18,19,20)/b12-9+. The van der Waals surface area contributed by atoms with Gasteiger partial charge in [-0.15, -0.1) is 0 Å². The first-order valence-electron chi connectivity index (χ1n) is 5.78. The normalized spacial score (nSPS) is 10.7. The number of pyridine rings is 1. The predicted molar refractivity (Wildman–Crippen MR) is 77.9 cm³/mol. The van der Waals surface area contributed by atoms with Gasteiger partial charge in [-0.3, -0.25) is 9.78 Å². The lowest BCUT2D eigenvalue weighted by atomic mass is 10.1. The molecule has 0 saturated carbocycles. The van der Waals surface area contributed by atoms with Crippen molar-refractivity contribution in [3.05, 3.63) is 65.0 Å². The van der Waals surface area contributed by atoms with E-state index in [4.69, 9.17) is 16.9 Å². The molecule has 4 nitrogen and oxygen atoms in total. The van der Waals surface area contributed by atoms with Gasteiger partial charge in [-0.25, -0.2) is 0 Å². The van der Waals surface area contributed by atoms with E-state index < -0.39 is 5.91 Å². The summed E-state index contributed by atoms with van der Waals surface area (Å²) in [6.45, 7) is 0. The molecule has 1 aromatic carbocycles. The van der Waals surface area contributed by atoms with Gasteiger partial charge in [-0.05, 0) is 35.9 Å². The molecule has 1 amide bonds. The van der Waals surface area contributed by atoms with Crippen LogP contribution >= 0.6 is 11.6 Å². The highest BCUT2D eigenvalue weighted by atomic mass is 35.5. The second-order valence-electron chi connectivity index (χ2n) is 3.91. The monoisotopic (exact) mass is 283 g/mol. The molecule has 0 spiro atoms. The number of hydrogen-bond acceptors (Lipinski definition) is 3. The molecule has 1 heterocycles. The van der Waals surface area contributed by atoms with Crippen LogP contribution in [0.3, 0.4) is 0 Å². The van der Waals surface area contributed by atoms with E-state index in [0.717, 1.165) is 5.56 Å². The van der Waals surface area contributed by atoms with E-state index in [9.17, 15) is 4.79 Å². The van der Waals surface area contributed by atoms with Gasteiger partial charge in [0.15, 0.2) is 0 Å². The van der Waals surface area contributed by atoms with Crippen molar-refractivity contribution in [1.82, 2.24) is 4.98 Å². The number of nitrogens with one attached hydrogen (secondary N) is 1. The van der Waals surface area contributed by atoms with Crippen molar-refractivity contribution < 1.29 is 4.79 Å². The number of halogens is 1. The van der Waals surface area contributed by atoms with Crippen molar-refractivity contribution in [3.8, 4) is 6.07 Å². The van der Waals surface area contributed by atoms with Crippen LogP contribution in [0.25, 0.3) is 6.08 Å². The molecule has 2 rings (SSSR count). The SMILES string of the molecule is N#C/C(=C\c1ccc(Cl)cc1)C(=O)Nc1ccncc1. The minimum atomic E-state index is -0.464. The van der Waals surface area contributed by atoms with E-state index in [1.165, 1.54) is 6.08 Å². The summed E-state index contributed by atoms with van der Waals surface area (Å²) in [6.07, 6.45) is 4.63. The molecular formula is C15H10ClN3O. The van der Waals surface area contributed by atoms with Gasteiger partial charge < -0.3 is 5.32 Å². The summed E-state index contributed by atoms with van der Waals surface area (Å²) >= 11 is 5.78. The molecule has 0 fully saturated rings. The Balaban J connectivity index is 2.18. The van der Waals surface area contributed by atoms with Gasteiger partial charge >= 0.3 is 0 Å². The predicted octanol–water partition coefficient (Wildman–Crippen LogP) is 3.28. The Morgan fingerprint density at radius 3 is 2.45 bits per heavy atom. The highest BCUT2D eigenvalue weighted by Gasteiger charge is 2.09. The number of benzene rings is 1. The van der Waals surface area contributed by atoms with Crippen LogP contribution in [0.15, 0.2) is 54.4 Å². The van der Waals surface area contributed by atoms with Crippen LogP contribution in [0.2, 0.25) is 5.02 Å². The van der Waals surface area contributed by atoms with E-state index in [-0.39, 0.29) is 5.57 Å². The first kappa shape index (κ1) is 13.8. The number of amides is 1. The molecule has 0 aliphatic rings. The first-order valence-corrected chi connectivity index (χ1v) is 6.15.